The number of sulfonamides is 1. The third-order valence-corrected chi connectivity index (χ3v) is 6.38. The maximum Gasteiger partial charge on any atom is 0.214 e. The van der Waals surface area contributed by atoms with Gasteiger partial charge < -0.3 is 19.4 Å². The first-order valence-corrected chi connectivity index (χ1v) is 9.89. The summed E-state index contributed by atoms with van der Waals surface area (Å²) in [5.74, 6) is -0.299. The van der Waals surface area contributed by atoms with Crippen LogP contribution in [0.2, 0.25) is 0 Å². The van der Waals surface area contributed by atoms with Crippen LogP contribution in [0.5, 0.6) is 11.5 Å². The molecule has 8 heteroatoms. The maximum atomic E-state index is 12.7. The first kappa shape index (κ1) is 19.5. The van der Waals surface area contributed by atoms with Gasteiger partial charge in [-0.25, -0.2) is 8.42 Å². The van der Waals surface area contributed by atoms with Gasteiger partial charge in [0.1, 0.15) is 0 Å². The predicted molar refractivity (Wildman–Crippen MR) is 91.0 cm³/mol. The summed E-state index contributed by atoms with van der Waals surface area (Å²) in [5, 5.41) is 11.3. The zero-order valence-electron chi connectivity index (χ0n) is 14.8. The minimum absolute atomic E-state index is 0.00959. The number of carboxylic acids is 1. The Morgan fingerprint density at radius 2 is 1.92 bits per heavy atom. The van der Waals surface area contributed by atoms with E-state index in [2.05, 4.69) is 0 Å². The first-order valence-electron chi connectivity index (χ1n) is 8.28. The van der Waals surface area contributed by atoms with Gasteiger partial charge in [0.05, 0.1) is 26.0 Å². The molecule has 0 amide bonds. The Kier molecular flexibility index (Phi) is 6.29. The highest BCUT2D eigenvalue weighted by Crippen LogP contribution is 2.40. The number of carbonyl (C=O) groups excluding carboxylic acids is 1. The lowest BCUT2D eigenvalue weighted by molar-refractivity contribution is -0.306. The normalized spacial score (nSPS) is 17.8. The van der Waals surface area contributed by atoms with Crippen LogP contribution in [0, 0.1) is 0 Å². The van der Waals surface area contributed by atoms with Gasteiger partial charge in [0.2, 0.25) is 10.0 Å². The number of nitrogens with zero attached hydrogens (tertiary/aromatic N) is 1. The van der Waals surface area contributed by atoms with E-state index in [1.54, 1.807) is 12.1 Å². The van der Waals surface area contributed by atoms with Gasteiger partial charge in [0.25, 0.3) is 0 Å². The van der Waals surface area contributed by atoms with Crippen LogP contribution >= 0.6 is 0 Å². The van der Waals surface area contributed by atoms with Crippen molar-refractivity contribution in [3.8, 4) is 11.5 Å². The third-order valence-electron chi connectivity index (χ3n) is 4.43. The number of rotatable bonds is 8. The Bertz CT molecular complexity index is 731. The van der Waals surface area contributed by atoms with Crippen molar-refractivity contribution in [2.45, 2.75) is 38.6 Å². The molecule has 0 saturated carbocycles. The number of unbranched alkanes of at least 4 members (excludes halogenated alkanes) is 1. The molecule has 1 atom stereocenters. The average Bonchev–Trinajstić information content (AvgIpc) is 2.58. The molecule has 1 aromatic carbocycles. The van der Waals surface area contributed by atoms with E-state index in [-0.39, 0.29) is 12.3 Å². The molecular formula is C17H24NO6S-. The van der Waals surface area contributed by atoms with Crippen LogP contribution in [0.3, 0.4) is 0 Å². The summed E-state index contributed by atoms with van der Waals surface area (Å²) in [6.45, 7) is 2.16. The zero-order valence-corrected chi connectivity index (χ0v) is 15.6. The van der Waals surface area contributed by atoms with E-state index < -0.39 is 28.5 Å². The molecule has 0 radical (unpaired) electrons. The molecule has 0 aromatic heterocycles. The molecule has 1 aliphatic heterocycles. The molecule has 7 nitrogen and oxygen atoms in total. The number of hydrogen-bond donors (Lipinski definition) is 0. The van der Waals surface area contributed by atoms with Gasteiger partial charge in [-0.05, 0) is 36.1 Å². The van der Waals surface area contributed by atoms with Gasteiger partial charge in [-0.3, -0.25) is 0 Å². The van der Waals surface area contributed by atoms with E-state index in [9.17, 15) is 18.3 Å². The largest absolute Gasteiger partial charge is 0.550 e. The quantitative estimate of drug-likeness (QED) is 0.674. The van der Waals surface area contributed by atoms with E-state index in [4.69, 9.17) is 9.47 Å². The number of carboxylic acid groups (broad SMARTS) is 1. The third kappa shape index (κ3) is 4.24. The van der Waals surface area contributed by atoms with E-state index in [0.717, 1.165) is 12.0 Å². The van der Waals surface area contributed by atoms with Crippen LogP contribution in [-0.4, -0.2) is 45.2 Å². The highest BCUT2D eigenvalue weighted by molar-refractivity contribution is 7.89. The first-order chi connectivity index (χ1) is 11.8. The van der Waals surface area contributed by atoms with Crippen molar-refractivity contribution in [1.29, 1.82) is 0 Å². The molecule has 0 unspecified atom stereocenters. The number of aliphatic carboxylic acids is 1. The van der Waals surface area contributed by atoms with Gasteiger partial charge in [0.15, 0.2) is 11.5 Å². The number of ether oxygens (including phenoxy) is 2. The van der Waals surface area contributed by atoms with Gasteiger partial charge >= 0.3 is 0 Å². The van der Waals surface area contributed by atoms with E-state index >= 15 is 0 Å². The maximum absolute atomic E-state index is 12.7. The molecule has 0 aliphatic carbocycles. The van der Waals surface area contributed by atoms with Crippen LogP contribution in [0.15, 0.2) is 12.1 Å². The van der Waals surface area contributed by atoms with Crippen LogP contribution < -0.4 is 14.6 Å². The summed E-state index contributed by atoms with van der Waals surface area (Å²) < 4.78 is 37.2. The second-order valence-electron chi connectivity index (χ2n) is 6.03. The van der Waals surface area contributed by atoms with Crippen LogP contribution in [0.1, 0.15) is 43.4 Å². The number of carbonyl (C=O) groups is 1. The van der Waals surface area contributed by atoms with Crippen LogP contribution in [-0.2, 0) is 21.2 Å². The van der Waals surface area contributed by atoms with E-state index in [1.165, 1.54) is 18.5 Å². The SMILES string of the molecule is CCCCS(=O)(=O)N1CCc2cc(OC)c(OC)cc2[C@H]1CC(=O)[O-]. The molecular weight excluding hydrogens is 346 g/mol. The molecule has 0 spiro atoms. The van der Waals surface area contributed by atoms with Crippen molar-refractivity contribution in [1.82, 2.24) is 4.31 Å². The Balaban J connectivity index is 2.49. The molecule has 140 valence electrons. The summed E-state index contributed by atoms with van der Waals surface area (Å²) in [5.41, 5.74) is 1.50. The van der Waals surface area contributed by atoms with Gasteiger partial charge in [-0.1, -0.05) is 13.3 Å². The lowest BCUT2D eigenvalue weighted by Gasteiger charge is -2.37. The summed E-state index contributed by atoms with van der Waals surface area (Å²) >= 11 is 0. The van der Waals surface area contributed by atoms with Crippen molar-refractivity contribution in [3.63, 3.8) is 0 Å². The Morgan fingerprint density at radius 3 is 2.48 bits per heavy atom. The minimum Gasteiger partial charge on any atom is -0.550 e. The number of fused-ring (bicyclic) bond motifs is 1. The smallest absolute Gasteiger partial charge is 0.214 e. The van der Waals surface area contributed by atoms with E-state index in [1.807, 2.05) is 6.92 Å². The summed E-state index contributed by atoms with van der Waals surface area (Å²) in [4.78, 5) is 11.3. The lowest BCUT2D eigenvalue weighted by atomic mass is 9.92. The van der Waals surface area contributed by atoms with Crippen LogP contribution in [0.4, 0.5) is 0 Å². The molecule has 0 fully saturated rings. The Hall–Kier alpha value is -1.80. The van der Waals surface area contributed by atoms with Gasteiger partial charge in [-0.2, -0.15) is 4.31 Å². The van der Waals surface area contributed by atoms with Crippen molar-refractivity contribution in [3.05, 3.63) is 23.3 Å². The zero-order chi connectivity index (χ0) is 18.6. The fourth-order valence-electron chi connectivity index (χ4n) is 3.15. The Morgan fingerprint density at radius 1 is 1.28 bits per heavy atom. The number of benzene rings is 1. The van der Waals surface area contributed by atoms with Crippen molar-refractivity contribution in [2.75, 3.05) is 26.5 Å². The molecule has 1 aliphatic rings. The molecule has 1 heterocycles. The van der Waals surface area contributed by atoms with Crippen molar-refractivity contribution in [2.24, 2.45) is 0 Å². The highest BCUT2D eigenvalue weighted by Gasteiger charge is 2.36. The predicted octanol–water partition coefficient (Wildman–Crippen LogP) is 0.873. The molecule has 0 N–H and O–H groups in total. The fourth-order valence-corrected chi connectivity index (χ4v) is 4.98. The standard InChI is InChI=1S/C17H25NO6S/c1-4-5-8-25(21,22)18-7-6-12-9-15(23-2)16(24-3)10-13(12)14(18)11-17(19)20/h9-10,14H,4-8,11H2,1-3H3,(H,19,20)/p-1/t14-/m1/s1. The molecule has 0 bridgehead atoms. The van der Waals surface area contributed by atoms with E-state index in [0.29, 0.717) is 29.9 Å². The lowest BCUT2D eigenvalue weighted by Crippen LogP contribution is -2.43. The van der Waals surface area contributed by atoms with Crippen molar-refractivity contribution >= 4 is 16.0 Å². The topological polar surface area (TPSA) is 96.0 Å². The highest BCUT2D eigenvalue weighted by atomic mass is 32.2. The fraction of sp³-hybridized carbons (Fsp3) is 0.588. The monoisotopic (exact) mass is 370 g/mol. The number of methoxy groups -OCH3 is 2. The second kappa shape index (κ2) is 8.05. The molecule has 0 saturated heterocycles. The summed E-state index contributed by atoms with van der Waals surface area (Å²) in [6, 6.07) is 2.66. The molecule has 2 rings (SSSR count). The number of hydrogen-bond acceptors (Lipinski definition) is 6. The van der Waals surface area contributed by atoms with Gasteiger partial charge in [0, 0.05) is 18.9 Å². The second-order valence-corrected chi connectivity index (χ2v) is 8.07. The molecule has 1 aromatic rings. The molecule has 25 heavy (non-hydrogen) atoms. The van der Waals surface area contributed by atoms with Gasteiger partial charge in [-0.15, -0.1) is 0 Å². The average molecular weight is 370 g/mol. The summed E-state index contributed by atoms with van der Waals surface area (Å²) in [6.07, 6.45) is 1.38. The van der Waals surface area contributed by atoms with Crippen LogP contribution in [0.25, 0.3) is 0 Å². The summed E-state index contributed by atoms with van der Waals surface area (Å²) in [7, 11) is -0.544. The minimum atomic E-state index is -3.55. The Labute approximate surface area is 148 Å². The van der Waals surface area contributed by atoms with Crippen molar-refractivity contribution < 1.29 is 27.8 Å².